The maximum atomic E-state index is 12.8. The Morgan fingerprint density at radius 3 is 2.68 bits per heavy atom. The zero-order valence-electron chi connectivity index (χ0n) is 16.4. The Morgan fingerprint density at radius 1 is 1.26 bits per heavy atom. The number of hydrogen-bond donors (Lipinski definition) is 2. The minimum absolute atomic E-state index is 0.0142. The Morgan fingerprint density at radius 2 is 2.00 bits per heavy atom. The molecule has 0 saturated carbocycles. The third kappa shape index (κ3) is 5.47. The van der Waals surface area contributed by atoms with Gasteiger partial charge in [0, 0.05) is 18.0 Å². The first-order valence-corrected chi connectivity index (χ1v) is 10.3. The van der Waals surface area contributed by atoms with Crippen molar-refractivity contribution in [1.29, 1.82) is 5.26 Å². The predicted molar refractivity (Wildman–Crippen MR) is 112 cm³/mol. The molecule has 9 heteroatoms. The van der Waals surface area contributed by atoms with Gasteiger partial charge >= 0.3 is 6.18 Å². The van der Waals surface area contributed by atoms with Crippen LogP contribution in [-0.2, 0) is 15.8 Å². The molecule has 0 radical (unpaired) electrons. The van der Waals surface area contributed by atoms with E-state index in [4.69, 9.17) is 0 Å². The van der Waals surface area contributed by atoms with E-state index < -0.39 is 23.6 Å². The molecule has 1 atom stereocenters. The van der Waals surface area contributed by atoms with Gasteiger partial charge < -0.3 is 10.6 Å². The van der Waals surface area contributed by atoms with Crippen LogP contribution in [0.2, 0.25) is 0 Å². The first kappa shape index (κ1) is 22.4. The minimum Gasteiger partial charge on any atom is -0.325 e. The van der Waals surface area contributed by atoms with E-state index in [1.165, 1.54) is 12.1 Å². The first-order valence-electron chi connectivity index (χ1n) is 9.28. The molecule has 0 aromatic heterocycles. The SMILES string of the molecule is Cc1ccccc1[C@H]1CC(=O)NC(SCC(=O)Nc2cccc(C(F)(F)F)c2)=C1C#N. The van der Waals surface area contributed by atoms with Crippen molar-refractivity contribution < 1.29 is 22.8 Å². The van der Waals surface area contributed by atoms with Crippen molar-refractivity contribution in [2.45, 2.75) is 25.4 Å². The molecule has 1 aliphatic heterocycles. The first-order chi connectivity index (χ1) is 14.7. The van der Waals surface area contributed by atoms with Crippen molar-refractivity contribution >= 4 is 29.3 Å². The van der Waals surface area contributed by atoms with Crippen molar-refractivity contribution in [2.75, 3.05) is 11.1 Å². The second-order valence-electron chi connectivity index (χ2n) is 6.93. The standard InChI is InChI=1S/C22H18F3N3O2S/c1-13-5-2-3-8-16(13)17-10-19(29)28-21(18(17)11-26)31-12-20(30)27-15-7-4-6-14(9-15)22(23,24)25/h2-9,17H,10,12H2,1H3,(H,27,30)(H,28,29)/t17-/m1/s1. The fourth-order valence-electron chi connectivity index (χ4n) is 3.28. The topological polar surface area (TPSA) is 82.0 Å². The number of nitrogens with one attached hydrogen (secondary N) is 2. The predicted octanol–water partition coefficient (Wildman–Crippen LogP) is 4.72. The summed E-state index contributed by atoms with van der Waals surface area (Å²) < 4.78 is 38.5. The van der Waals surface area contributed by atoms with Crippen LogP contribution in [0.1, 0.15) is 29.0 Å². The van der Waals surface area contributed by atoms with Crippen molar-refractivity contribution in [1.82, 2.24) is 5.32 Å². The summed E-state index contributed by atoms with van der Waals surface area (Å²) in [6, 6.07) is 13.9. The maximum Gasteiger partial charge on any atom is 0.416 e. The number of nitriles is 1. The number of amides is 2. The van der Waals surface area contributed by atoms with Crippen LogP contribution in [0, 0.1) is 18.3 Å². The largest absolute Gasteiger partial charge is 0.416 e. The number of hydrogen-bond acceptors (Lipinski definition) is 4. The molecule has 0 fully saturated rings. The van der Waals surface area contributed by atoms with Gasteiger partial charge in [0.05, 0.1) is 28.0 Å². The van der Waals surface area contributed by atoms with Crippen LogP contribution in [-0.4, -0.2) is 17.6 Å². The van der Waals surface area contributed by atoms with E-state index >= 15 is 0 Å². The average Bonchev–Trinajstić information content (AvgIpc) is 2.72. The van der Waals surface area contributed by atoms with Gasteiger partial charge in [-0.2, -0.15) is 18.4 Å². The quantitative estimate of drug-likeness (QED) is 0.698. The molecule has 1 aliphatic rings. The number of benzene rings is 2. The van der Waals surface area contributed by atoms with E-state index in [1.807, 2.05) is 31.2 Å². The lowest BCUT2D eigenvalue weighted by Crippen LogP contribution is -2.31. The van der Waals surface area contributed by atoms with Crippen LogP contribution in [0.25, 0.3) is 0 Å². The van der Waals surface area contributed by atoms with Crippen LogP contribution in [0.4, 0.5) is 18.9 Å². The van der Waals surface area contributed by atoms with Gasteiger partial charge in [0.2, 0.25) is 11.8 Å². The number of allylic oxidation sites excluding steroid dienone is 1. The van der Waals surface area contributed by atoms with Crippen molar-refractivity contribution in [3.8, 4) is 6.07 Å². The molecule has 2 aromatic carbocycles. The molecule has 1 heterocycles. The summed E-state index contributed by atoms with van der Waals surface area (Å²) in [4.78, 5) is 24.5. The smallest absolute Gasteiger partial charge is 0.325 e. The lowest BCUT2D eigenvalue weighted by atomic mass is 9.85. The Kier molecular flexibility index (Phi) is 6.71. The number of carbonyl (C=O) groups is 2. The van der Waals surface area contributed by atoms with Gasteiger partial charge in [-0.15, -0.1) is 0 Å². The number of alkyl halides is 3. The van der Waals surface area contributed by atoms with E-state index in [0.717, 1.165) is 35.0 Å². The molecule has 0 aliphatic carbocycles. The summed E-state index contributed by atoms with van der Waals surface area (Å²) in [5.74, 6) is -1.43. The van der Waals surface area contributed by atoms with Gasteiger partial charge in [-0.3, -0.25) is 9.59 Å². The number of halogens is 3. The normalized spacial score (nSPS) is 16.5. The molecule has 0 bridgehead atoms. The molecule has 0 unspecified atom stereocenters. The van der Waals surface area contributed by atoms with Gasteiger partial charge in [0.1, 0.15) is 0 Å². The molecule has 2 N–H and O–H groups in total. The monoisotopic (exact) mass is 445 g/mol. The molecular weight excluding hydrogens is 427 g/mol. The number of nitrogens with zero attached hydrogens (tertiary/aromatic N) is 1. The highest BCUT2D eigenvalue weighted by molar-refractivity contribution is 8.03. The summed E-state index contributed by atoms with van der Waals surface area (Å²) in [5, 5.41) is 15.0. The number of anilines is 1. The second kappa shape index (κ2) is 9.27. The zero-order valence-corrected chi connectivity index (χ0v) is 17.2. The fourth-order valence-corrected chi connectivity index (χ4v) is 4.16. The Hall–Kier alpha value is -3.25. The summed E-state index contributed by atoms with van der Waals surface area (Å²) >= 11 is 0.966. The number of thioether (sulfide) groups is 1. The van der Waals surface area contributed by atoms with Crippen molar-refractivity contribution in [2.24, 2.45) is 0 Å². The van der Waals surface area contributed by atoms with Crippen molar-refractivity contribution in [3.05, 3.63) is 75.8 Å². The van der Waals surface area contributed by atoms with Crippen LogP contribution in [0.3, 0.4) is 0 Å². The highest BCUT2D eigenvalue weighted by Crippen LogP contribution is 2.37. The van der Waals surface area contributed by atoms with Crippen LogP contribution < -0.4 is 10.6 Å². The molecular formula is C22H18F3N3O2S. The third-order valence-electron chi connectivity index (χ3n) is 4.74. The molecule has 2 amide bonds. The minimum atomic E-state index is -4.51. The number of carbonyl (C=O) groups excluding carboxylic acids is 2. The zero-order chi connectivity index (χ0) is 22.6. The van der Waals surface area contributed by atoms with E-state index in [0.29, 0.717) is 5.57 Å². The summed E-state index contributed by atoms with van der Waals surface area (Å²) in [7, 11) is 0. The van der Waals surface area contributed by atoms with Gasteiger partial charge in [0.15, 0.2) is 0 Å². The lowest BCUT2D eigenvalue weighted by Gasteiger charge is -2.26. The molecule has 0 saturated heterocycles. The molecule has 5 nitrogen and oxygen atoms in total. The van der Waals surface area contributed by atoms with Crippen LogP contribution in [0.5, 0.6) is 0 Å². The summed E-state index contributed by atoms with van der Waals surface area (Å²) in [6.45, 7) is 1.90. The van der Waals surface area contributed by atoms with E-state index in [-0.39, 0.29) is 28.8 Å². The van der Waals surface area contributed by atoms with Crippen LogP contribution in [0.15, 0.2) is 59.1 Å². The van der Waals surface area contributed by atoms with Gasteiger partial charge in [-0.05, 0) is 36.2 Å². The Bertz CT molecular complexity index is 1090. The molecule has 31 heavy (non-hydrogen) atoms. The molecule has 160 valence electrons. The Balaban J connectivity index is 1.75. The Labute approximate surface area is 181 Å². The average molecular weight is 445 g/mol. The number of aryl methyl sites for hydroxylation is 1. The van der Waals surface area contributed by atoms with Crippen molar-refractivity contribution in [3.63, 3.8) is 0 Å². The van der Waals surface area contributed by atoms with E-state index in [9.17, 15) is 28.0 Å². The summed E-state index contributed by atoms with van der Waals surface area (Å²) in [6.07, 6.45) is -4.40. The molecule has 0 spiro atoms. The van der Waals surface area contributed by atoms with Crippen LogP contribution >= 0.6 is 11.8 Å². The second-order valence-corrected chi connectivity index (χ2v) is 7.92. The maximum absolute atomic E-state index is 12.8. The van der Waals surface area contributed by atoms with Gasteiger partial charge in [-0.1, -0.05) is 42.1 Å². The molecule has 3 rings (SSSR count). The number of rotatable bonds is 5. The van der Waals surface area contributed by atoms with Gasteiger partial charge in [-0.25, -0.2) is 0 Å². The summed E-state index contributed by atoms with van der Waals surface area (Å²) in [5.41, 5.74) is 1.31. The third-order valence-corrected chi connectivity index (χ3v) is 5.76. The van der Waals surface area contributed by atoms with Gasteiger partial charge in [0.25, 0.3) is 0 Å². The fraction of sp³-hybridized carbons (Fsp3) is 0.227. The van der Waals surface area contributed by atoms with E-state index in [2.05, 4.69) is 16.7 Å². The van der Waals surface area contributed by atoms with E-state index in [1.54, 1.807) is 0 Å². The molecule has 2 aromatic rings. The highest BCUT2D eigenvalue weighted by atomic mass is 32.2. The highest BCUT2D eigenvalue weighted by Gasteiger charge is 2.31. The lowest BCUT2D eigenvalue weighted by molar-refractivity contribution is -0.137.